The van der Waals surface area contributed by atoms with E-state index in [2.05, 4.69) is 5.32 Å². The minimum absolute atomic E-state index is 0.215. The largest absolute Gasteiger partial charge is 0.366 e. The SMILES string of the molecule is NC[C@@H](N)c1cccc(F)c1N1CCNCC1. The average Bonchev–Trinajstić information content (AvgIpc) is 2.38. The summed E-state index contributed by atoms with van der Waals surface area (Å²) in [4.78, 5) is 2.04. The van der Waals surface area contributed by atoms with Gasteiger partial charge in [0.2, 0.25) is 0 Å². The molecular formula is C12H19FN4. The van der Waals surface area contributed by atoms with Gasteiger partial charge in [-0.1, -0.05) is 12.1 Å². The van der Waals surface area contributed by atoms with Crippen molar-refractivity contribution in [3.05, 3.63) is 29.6 Å². The predicted octanol–water partition coefficient (Wildman–Crippen LogP) is 0.194. The summed E-state index contributed by atoms with van der Waals surface area (Å²) in [5.41, 5.74) is 12.9. The summed E-state index contributed by atoms with van der Waals surface area (Å²) in [6.45, 7) is 3.65. The van der Waals surface area contributed by atoms with Gasteiger partial charge >= 0.3 is 0 Å². The molecule has 5 N–H and O–H groups in total. The molecule has 0 bridgehead atoms. The second-order valence-corrected chi connectivity index (χ2v) is 4.26. The summed E-state index contributed by atoms with van der Waals surface area (Å²) >= 11 is 0. The highest BCUT2D eigenvalue weighted by Crippen LogP contribution is 2.28. The standard InChI is InChI=1S/C12H19FN4/c13-10-3-1-2-9(11(15)8-14)12(10)17-6-4-16-5-7-17/h1-3,11,16H,4-8,14-15H2/t11-/m1/s1. The van der Waals surface area contributed by atoms with E-state index < -0.39 is 0 Å². The molecule has 1 saturated heterocycles. The highest BCUT2D eigenvalue weighted by Gasteiger charge is 2.20. The van der Waals surface area contributed by atoms with Crippen LogP contribution < -0.4 is 21.7 Å². The monoisotopic (exact) mass is 238 g/mol. The zero-order valence-corrected chi connectivity index (χ0v) is 9.82. The first-order valence-electron chi connectivity index (χ1n) is 5.93. The molecule has 1 heterocycles. The fourth-order valence-electron chi connectivity index (χ4n) is 2.18. The highest BCUT2D eigenvalue weighted by molar-refractivity contribution is 5.56. The van der Waals surface area contributed by atoms with Crippen LogP contribution >= 0.6 is 0 Å². The summed E-state index contributed by atoms with van der Waals surface area (Å²) < 4.78 is 14.0. The summed E-state index contributed by atoms with van der Waals surface area (Å²) in [6, 6.07) is 4.71. The van der Waals surface area contributed by atoms with Crippen LogP contribution in [-0.4, -0.2) is 32.7 Å². The van der Waals surface area contributed by atoms with E-state index in [9.17, 15) is 4.39 Å². The molecule has 1 atom stereocenters. The third kappa shape index (κ3) is 2.57. The van der Waals surface area contributed by atoms with Gasteiger partial charge in [-0.05, 0) is 11.6 Å². The van der Waals surface area contributed by atoms with Gasteiger partial charge in [-0.2, -0.15) is 0 Å². The number of halogens is 1. The molecule has 0 amide bonds. The number of para-hydroxylation sites is 1. The Hall–Kier alpha value is -1.17. The third-order valence-electron chi connectivity index (χ3n) is 3.10. The first kappa shape index (κ1) is 12.3. The Morgan fingerprint density at radius 3 is 2.71 bits per heavy atom. The zero-order valence-electron chi connectivity index (χ0n) is 9.82. The molecule has 5 heteroatoms. The number of piperazine rings is 1. The van der Waals surface area contributed by atoms with Gasteiger partial charge in [-0.25, -0.2) is 4.39 Å². The van der Waals surface area contributed by atoms with E-state index in [1.807, 2.05) is 11.0 Å². The van der Waals surface area contributed by atoms with Crippen molar-refractivity contribution < 1.29 is 4.39 Å². The number of hydrogen-bond acceptors (Lipinski definition) is 4. The Bertz CT molecular complexity index is 377. The van der Waals surface area contributed by atoms with Gasteiger partial charge in [0.1, 0.15) is 5.82 Å². The average molecular weight is 238 g/mol. The van der Waals surface area contributed by atoms with Crippen LogP contribution in [0.2, 0.25) is 0 Å². The lowest BCUT2D eigenvalue weighted by Crippen LogP contribution is -2.44. The molecule has 4 nitrogen and oxygen atoms in total. The van der Waals surface area contributed by atoms with Crippen LogP contribution in [0.25, 0.3) is 0 Å². The normalized spacial score (nSPS) is 18.2. The Labute approximate surface area is 101 Å². The van der Waals surface area contributed by atoms with Crippen LogP contribution in [0.4, 0.5) is 10.1 Å². The molecule has 0 aliphatic carbocycles. The number of hydrogen-bond donors (Lipinski definition) is 3. The van der Waals surface area contributed by atoms with E-state index in [4.69, 9.17) is 11.5 Å². The van der Waals surface area contributed by atoms with E-state index >= 15 is 0 Å². The maximum atomic E-state index is 14.0. The van der Waals surface area contributed by atoms with Gasteiger partial charge in [0, 0.05) is 38.8 Å². The molecule has 17 heavy (non-hydrogen) atoms. The molecule has 0 saturated carbocycles. The van der Waals surface area contributed by atoms with Crippen LogP contribution in [0.15, 0.2) is 18.2 Å². The van der Waals surface area contributed by atoms with Crippen molar-refractivity contribution in [3.63, 3.8) is 0 Å². The molecule has 0 unspecified atom stereocenters. The van der Waals surface area contributed by atoms with Gasteiger partial charge in [0.05, 0.1) is 5.69 Å². The molecular weight excluding hydrogens is 219 g/mol. The van der Waals surface area contributed by atoms with E-state index in [0.717, 1.165) is 31.7 Å². The van der Waals surface area contributed by atoms with E-state index in [0.29, 0.717) is 12.2 Å². The van der Waals surface area contributed by atoms with Crippen molar-refractivity contribution in [2.24, 2.45) is 11.5 Å². The van der Waals surface area contributed by atoms with Crippen LogP contribution in [0.3, 0.4) is 0 Å². The van der Waals surface area contributed by atoms with Gasteiger partial charge < -0.3 is 21.7 Å². The highest BCUT2D eigenvalue weighted by atomic mass is 19.1. The fourth-order valence-corrected chi connectivity index (χ4v) is 2.18. The Kier molecular flexibility index (Phi) is 3.93. The summed E-state index contributed by atoms with van der Waals surface area (Å²) in [7, 11) is 0. The maximum absolute atomic E-state index is 14.0. The molecule has 1 aromatic carbocycles. The number of benzene rings is 1. The second kappa shape index (κ2) is 5.44. The lowest BCUT2D eigenvalue weighted by atomic mass is 10.0. The van der Waals surface area contributed by atoms with Crippen molar-refractivity contribution in [1.82, 2.24) is 5.32 Å². The zero-order chi connectivity index (χ0) is 12.3. The van der Waals surface area contributed by atoms with E-state index in [1.54, 1.807) is 6.07 Å². The van der Waals surface area contributed by atoms with Crippen LogP contribution in [0.5, 0.6) is 0 Å². The molecule has 1 fully saturated rings. The van der Waals surface area contributed by atoms with Crippen molar-refractivity contribution in [1.29, 1.82) is 0 Å². The molecule has 1 aliphatic rings. The van der Waals surface area contributed by atoms with E-state index in [1.165, 1.54) is 6.07 Å². The number of anilines is 1. The van der Waals surface area contributed by atoms with Crippen LogP contribution in [0, 0.1) is 5.82 Å². The third-order valence-corrected chi connectivity index (χ3v) is 3.10. The molecule has 2 rings (SSSR count). The molecule has 1 aliphatic heterocycles. The quantitative estimate of drug-likeness (QED) is 0.703. The van der Waals surface area contributed by atoms with Gasteiger partial charge in [-0.3, -0.25) is 0 Å². The van der Waals surface area contributed by atoms with Crippen LogP contribution in [0.1, 0.15) is 11.6 Å². The van der Waals surface area contributed by atoms with Gasteiger partial charge in [-0.15, -0.1) is 0 Å². The minimum atomic E-state index is -0.310. The summed E-state index contributed by atoms with van der Waals surface area (Å²) in [5.74, 6) is -0.215. The Balaban J connectivity index is 2.35. The minimum Gasteiger partial charge on any atom is -0.366 e. The van der Waals surface area contributed by atoms with E-state index in [-0.39, 0.29) is 11.9 Å². The number of rotatable bonds is 3. The Morgan fingerprint density at radius 2 is 2.06 bits per heavy atom. The molecule has 1 aromatic rings. The predicted molar refractivity (Wildman–Crippen MR) is 67.5 cm³/mol. The number of nitrogens with zero attached hydrogens (tertiary/aromatic N) is 1. The number of nitrogens with two attached hydrogens (primary N) is 2. The lowest BCUT2D eigenvalue weighted by molar-refractivity contribution is 0.560. The van der Waals surface area contributed by atoms with Gasteiger partial charge in [0.15, 0.2) is 0 Å². The molecule has 0 spiro atoms. The second-order valence-electron chi connectivity index (χ2n) is 4.26. The topological polar surface area (TPSA) is 67.3 Å². The maximum Gasteiger partial charge on any atom is 0.146 e. The molecule has 0 aromatic heterocycles. The fraction of sp³-hybridized carbons (Fsp3) is 0.500. The summed E-state index contributed by atoms with van der Waals surface area (Å²) in [5, 5.41) is 3.25. The van der Waals surface area contributed by atoms with Gasteiger partial charge in [0.25, 0.3) is 0 Å². The molecule has 94 valence electrons. The van der Waals surface area contributed by atoms with Crippen molar-refractivity contribution in [2.75, 3.05) is 37.6 Å². The first-order valence-corrected chi connectivity index (χ1v) is 5.93. The van der Waals surface area contributed by atoms with Crippen molar-refractivity contribution >= 4 is 5.69 Å². The smallest absolute Gasteiger partial charge is 0.146 e. The van der Waals surface area contributed by atoms with Crippen molar-refractivity contribution in [3.8, 4) is 0 Å². The molecule has 0 radical (unpaired) electrons. The summed E-state index contributed by atoms with van der Waals surface area (Å²) in [6.07, 6.45) is 0. The first-order chi connectivity index (χ1) is 8.24. The lowest BCUT2D eigenvalue weighted by Gasteiger charge is -2.32. The van der Waals surface area contributed by atoms with Crippen molar-refractivity contribution in [2.45, 2.75) is 6.04 Å². The van der Waals surface area contributed by atoms with Crippen LogP contribution in [-0.2, 0) is 0 Å². The number of nitrogens with one attached hydrogen (secondary N) is 1. The Morgan fingerprint density at radius 1 is 1.35 bits per heavy atom.